The zero-order chi connectivity index (χ0) is 11.3. The molecule has 0 aliphatic heterocycles. The third kappa shape index (κ3) is 3.00. The summed E-state index contributed by atoms with van der Waals surface area (Å²) in [6.07, 6.45) is 6.68. The average Bonchev–Trinajstić information content (AvgIpc) is 2.39. The van der Waals surface area contributed by atoms with Crippen molar-refractivity contribution in [3.63, 3.8) is 0 Å². The average molecular weight is 283 g/mol. The number of hydrogen-bond acceptors (Lipinski definition) is 1. The monoisotopic (exact) mass is 282 g/mol. The molecule has 0 spiro atoms. The van der Waals surface area contributed by atoms with Crippen molar-refractivity contribution in [2.45, 2.75) is 32.1 Å². The van der Waals surface area contributed by atoms with Gasteiger partial charge in [-0.15, -0.1) is 0 Å². The first-order valence-electron chi connectivity index (χ1n) is 6.08. The molecule has 1 aliphatic rings. The number of ether oxygens (including phenoxy) is 1. The molecule has 1 saturated carbocycles. The Kier molecular flexibility index (Phi) is 4.28. The largest absolute Gasteiger partial charge is 0.493 e. The summed E-state index contributed by atoms with van der Waals surface area (Å²) in [5, 5.41) is 1.06. The van der Waals surface area contributed by atoms with Gasteiger partial charge in [-0.1, -0.05) is 53.4 Å². The van der Waals surface area contributed by atoms with Crippen LogP contribution in [0.3, 0.4) is 0 Å². The lowest BCUT2D eigenvalue weighted by Crippen LogP contribution is -2.32. The van der Waals surface area contributed by atoms with E-state index in [0.717, 1.165) is 17.7 Å². The number of hydrogen-bond donors (Lipinski definition) is 0. The van der Waals surface area contributed by atoms with Crippen molar-refractivity contribution in [1.29, 1.82) is 0 Å². The van der Waals surface area contributed by atoms with Gasteiger partial charge in [0, 0.05) is 10.7 Å². The van der Waals surface area contributed by atoms with Crippen LogP contribution in [0.1, 0.15) is 32.1 Å². The van der Waals surface area contributed by atoms with Crippen molar-refractivity contribution < 1.29 is 4.74 Å². The van der Waals surface area contributed by atoms with Crippen LogP contribution in [0.15, 0.2) is 30.3 Å². The normalized spacial score (nSPS) is 19.3. The van der Waals surface area contributed by atoms with Crippen molar-refractivity contribution >= 4 is 15.9 Å². The zero-order valence-electron chi connectivity index (χ0n) is 9.62. The number of rotatable bonds is 4. The fraction of sp³-hybridized carbons (Fsp3) is 0.571. The summed E-state index contributed by atoms with van der Waals surface area (Å²) in [7, 11) is 0. The van der Waals surface area contributed by atoms with Gasteiger partial charge in [0.15, 0.2) is 0 Å². The Hall–Kier alpha value is -0.500. The van der Waals surface area contributed by atoms with Crippen molar-refractivity contribution in [2.24, 2.45) is 5.41 Å². The molecule has 2 rings (SSSR count). The van der Waals surface area contributed by atoms with E-state index in [1.807, 2.05) is 30.3 Å². The molecule has 0 radical (unpaired) electrons. The van der Waals surface area contributed by atoms with E-state index in [9.17, 15) is 0 Å². The van der Waals surface area contributed by atoms with Gasteiger partial charge in [-0.2, -0.15) is 0 Å². The number of alkyl halides is 1. The van der Waals surface area contributed by atoms with Crippen molar-refractivity contribution in [1.82, 2.24) is 0 Å². The van der Waals surface area contributed by atoms with Crippen molar-refractivity contribution in [2.75, 3.05) is 11.9 Å². The summed E-state index contributed by atoms with van der Waals surface area (Å²) >= 11 is 3.66. The van der Waals surface area contributed by atoms with Gasteiger partial charge in [0.1, 0.15) is 5.75 Å². The second-order valence-electron chi connectivity index (χ2n) is 4.80. The summed E-state index contributed by atoms with van der Waals surface area (Å²) in [6.45, 7) is 0.849. The second-order valence-corrected chi connectivity index (χ2v) is 5.36. The van der Waals surface area contributed by atoms with Crippen LogP contribution in [-0.2, 0) is 0 Å². The summed E-state index contributed by atoms with van der Waals surface area (Å²) < 4.78 is 5.91. The lowest BCUT2D eigenvalue weighted by molar-refractivity contribution is 0.122. The Morgan fingerprint density at radius 3 is 2.38 bits per heavy atom. The van der Waals surface area contributed by atoms with Gasteiger partial charge >= 0.3 is 0 Å². The van der Waals surface area contributed by atoms with E-state index in [1.54, 1.807) is 0 Å². The molecule has 0 saturated heterocycles. The van der Waals surface area contributed by atoms with Gasteiger partial charge in [-0.05, 0) is 25.0 Å². The molecule has 2 heteroatoms. The first-order valence-corrected chi connectivity index (χ1v) is 7.21. The smallest absolute Gasteiger partial charge is 0.119 e. The molecule has 1 nitrogen and oxygen atoms in total. The van der Waals surface area contributed by atoms with Crippen LogP contribution in [0.2, 0.25) is 0 Å². The minimum Gasteiger partial charge on any atom is -0.493 e. The highest BCUT2D eigenvalue weighted by Gasteiger charge is 2.31. The van der Waals surface area contributed by atoms with Crippen molar-refractivity contribution in [3.05, 3.63) is 30.3 Å². The molecule has 0 aromatic heterocycles. The van der Waals surface area contributed by atoms with Crippen LogP contribution >= 0.6 is 15.9 Å². The molecule has 0 heterocycles. The molecular formula is C14H19BrO. The van der Waals surface area contributed by atoms with Crippen LogP contribution in [-0.4, -0.2) is 11.9 Å². The molecule has 88 valence electrons. The lowest BCUT2D eigenvalue weighted by atomic mass is 9.76. The van der Waals surface area contributed by atoms with Gasteiger partial charge in [0.05, 0.1) is 6.61 Å². The van der Waals surface area contributed by atoms with Gasteiger partial charge < -0.3 is 4.74 Å². The molecule has 16 heavy (non-hydrogen) atoms. The molecule has 1 aromatic carbocycles. The highest BCUT2D eigenvalue weighted by Crippen LogP contribution is 2.38. The minimum absolute atomic E-state index is 0.369. The van der Waals surface area contributed by atoms with Gasteiger partial charge in [0.2, 0.25) is 0 Å². The Morgan fingerprint density at radius 1 is 1.06 bits per heavy atom. The van der Waals surface area contributed by atoms with Crippen LogP contribution < -0.4 is 4.74 Å². The molecule has 1 aromatic rings. The predicted octanol–water partition coefficient (Wildman–Crippen LogP) is 4.41. The van der Waals surface area contributed by atoms with Gasteiger partial charge in [0.25, 0.3) is 0 Å². The minimum atomic E-state index is 0.369. The molecule has 1 fully saturated rings. The topological polar surface area (TPSA) is 9.23 Å². The second kappa shape index (κ2) is 5.72. The fourth-order valence-corrected chi connectivity index (χ4v) is 3.09. The molecule has 0 atom stereocenters. The highest BCUT2D eigenvalue weighted by atomic mass is 79.9. The first-order chi connectivity index (χ1) is 7.85. The van der Waals surface area contributed by atoms with E-state index in [1.165, 1.54) is 32.1 Å². The Bertz CT molecular complexity index is 304. The maximum absolute atomic E-state index is 5.91. The quantitative estimate of drug-likeness (QED) is 0.744. The standard InChI is InChI=1S/C14H19BrO/c15-11-14(9-5-2-6-10-14)12-16-13-7-3-1-4-8-13/h1,3-4,7-8H,2,5-6,9-12H2. The Morgan fingerprint density at radius 2 is 1.75 bits per heavy atom. The third-order valence-corrected chi connectivity index (χ3v) is 4.68. The summed E-state index contributed by atoms with van der Waals surface area (Å²) in [5.41, 5.74) is 0.369. The number of halogens is 1. The first kappa shape index (κ1) is 12.0. The SMILES string of the molecule is BrCC1(COc2ccccc2)CCCCC1. The van der Waals surface area contributed by atoms with Crippen LogP contribution in [0, 0.1) is 5.41 Å². The molecule has 1 aliphatic carbocycles. The predicted molar refractivity (Wildman–Crippen MR) is 71.2 cm³/mol. The lowest BCUT2D eigenvalue weighted by Gasteiger charge is -2.35. The van der Waals surface area contributed by atoms with Gasteiger partial charge in [-0.25, -0.2) is 0 Å². The van der Waals surface area contributed by atoms with E-state index < -0.39 is 0 Å². The van der Waals surface area contributed by atoms with Crippen molar-refractivity contribution in [3.8, 4) is 5.75 Å². The van der Waals surface area contributed by atoms with Crippen LogP contribution in [0.25, 0.3) is 0 Å². The summed E-state index contributed by atoms with van der Waals surface area (Å²) in [6, 6.07) is 10.1. The maximum atomic E-state index is 5.91. The van der Waals surface area contributed by atoms with E-state index in [-0.39, 0.29) is 0 Å². The number of para-hydroxylation sites is 1. The molecule has 0 amide bonds. The molecule has 0 N–H and O–H groups in total. The molecule has 0 bridgehead atoms. The molecule has 0 unspecified atom stereocenters. The summed E-state index contributed by atoms with van der Waals surface area (Å²) in [5.74, 6) is 0.994. The van der Waals surface area contributed by atoms with Gasteiger partial charge in [-0.3, -0.25) is 0 Å². The fourth-order valence-electron chi connectivity index (χ4n) is 2.37. The van der Waals surface area contributed by atoms with E-state index in [0.29, 0.717) is 5.41 Å². The van der Waals surface area contributed by atoms with E-state index in [4.69, 9.17) is 4.74 Å². The Labute approximate surface area is 106 Å². The zero-order valence-corrected chi connectivity index (χ0v) is 11.2. The van der Waals surface area contributed by atoms with Crippen LogP contribution in [0.4, 0.5) is 0 Å². The third-order valence-electron chi connectivity index (χ3n) is 3.49. The van der Waals surface area contributed by atoms with Crippen LogP contribution in [0.5, 0.6) is 5.75 Å². The maximum Gasteiger partial charge on any atom is 0.119 e. The molecular weight excluding hydrogens is 264 g/mol. The summed E-state index contributed by atoms with van der Waals surface area (Å²) in [4.78, 5) is 0. The highest BCUT2D eigenvalue weighted by molar-refractivity contribution is 9.09. The van der Waals surface area contributed by atoms with E-state index in [2.05, 4.69) is 15.9 Å². The van der Waals surface area contributed by atoms with E-state index >= 15 is 0 Å². The Balaban J connectivity index is 1.92. The number of benzene rings is 1.